The summed E-state index contributed by atoms with van der Waals surface area (Å²) in [6, 6.07) is 5.76. The van der Waals surface area contributed by atoms with Gasteiger partial charge < -0.3 is 5.32 Å². The van der Waals surface area contributed by atoms with E-state index in [2.05, 4.69) is 10.3 Å². The molecule has 1 N–H and O–H groups in total. The third kappa shape index (κ3) is 2.94. The van der Waals surface area contributed by atoms with Crippen molar-refractivity contribution in [1.82, 2.24) is 14.9 Å². The molecule has 0 atom stereocenters. The lowest BCUT2D eigenvalue weighted by Gasteiger charge is -2.13. The second kappa shape index (κ2) is 5.31. The first-order chi connectivity index (χ1) is 10.4. The zero-order valence-corrected chi connectivity index (χ0v) is 11.9. The largest absolute Gasteiger partial charge is 0.434 e. The van der Waals surface area contributed by atoms with E-state index < -0.39 is 23.5 Å². The number of halogens is 4. The van der Waals surface area contributed by atoms with Crippen molar-refractivity contribution in [2.45, 2.75) is 25.1 Å². The van der Waals surface area contributed by atoms with Crippen molar-refractivity contribution in [1.29, 1.82) is 0 Å². The van der Waals surface area contributed by atoms with Crippen LogP contribution in [0.1, 0.15) is 29.0 Å². The normalized spacial score (nSPS) is 14.9. The molecule has 0 bridgehead atoms. The number of hydrogen-bond acceptors (Lipinski definition) is 2. The molecule has 1 aromatic heterocycles. The summed E-state index contributed by atoms with van der Waals surface area (Å²) in [6.07, 6.45) is -2.14. The van der Waals surface area contributed by atoms with E-state index in [9.17, 15) is 18.0 Å². The van der Waals surface area contributed by atoms with Crippen LogP contribution in [-0.4, -0.2) is 21.5 Å². The van der Waals surface area contributed by atoms with Crippen LogP contribution in [0.2, 0.25) is 5.02 Å². The number of carbonyl (C=O) groups is 1. The maximum atomic E-state index is 13.4. The molecule has 0 unspecified atom stereocenters. The van der Waals surface area contributed by atoms with Crippen LogP contribution in [0.5, 0.6) is 0 Å². The molecule has 4 nitrogen and oxygen atoms in total. The molecule has 1 fully saturated rings. The molecule has 22 heavy (non-hydrogen) atoms. The van der Waals surface area contributed by atoms with E-state index in [1.54, 1.807) is 0 Å². The summed E-state index contributed by atoms with van der Waals surface area (Å²) in [5.74, 6) is -0.803. The Labute approximate surface area is 128 Å². The number of carbonyl (C=O) groups excluding carboxylic acids is 1. The third-order valence-electron chi connectivity index (χ3n) is 3.27. The maximum Gasteiger partial charge on any atom is 0.434 e. The van der Waals surface area contributed by atoms with Crippen LogP contribution in [0.4, 0.5) is 13.2 Å². The van der Waals surface area contributed by atoms with E-state index in [1.165, 1.54) is 24.3 Å². The second-order valence-electron chi connectivity index (χ2n) is 5.03. The molecule has 1 aliphatic rings. The van der Waals surface area contributed by atoms with Gasteiger partial charge in [-0.25, -0.2) is 4.98 Å². The molecule has 116 valence electrons. The van der Waals surface area contributed by atoms with Gasteiger partial charge in [0.1, 0.15) is 6.33 Å². The Morgan fingerprint density at radius 1 is 1.27 bits per heavy atom. The number of nitrogens with zero attached hydrogens (tertiary/aromatic N) is 2. The molecular weight excluding hydrogens is 319 g/mol. The summed E-state index contributed by atoms with van der Waals surface area (Å²) < 4.78 is 40.9. The Balaban J connectivity index is 2.04. The number of amides is 1. The number of hydrogen-bond donors (Lipinski definition) is 1. The van der Waals surface area contributed by atoms with Crippen LogP contribution in [-0.2, 0) is 6.18 Å². The molecule has 2 aromatic rings. The van der Waals surface area contributed by atoms with Gasteiger partial charge in [0.2, 0.25) is 0 Å². The smallest absolute Gasteiger partial charge is 0.348 e. The lowest BCUT2D eigenvalue weighted by Crippen LogP contribution is -2.28. The van der Waals surface area contributed by atoms with Crippen LogP contribution >= 0.6 is 11.6 Å². The SMILES string of the molecule is O=C(NC1CC1)c1ncn(-c2ccc(Cl)cc2)c1C(F)(F)F. The average Bonchev–Trinajstić information content (AvgIpc) is 3.13. The fraction of sp³-hybridized carbons (Fsp3) is 0.286. The molecule has 1 saturated carbocycles. The highest BCUT2D eigenvalue weighted by Crippen LogP contribution is 2.34. The van der Waals surface area contributed by atoms with Gasteiger partial charge in [0, 0.05) is 16.8 Å². The van der Waals surface area contributed by atoms with Gasteiger partial charge >= 0.3 is 6.18 Å². The fourth-order valence-corrected chi connectivity index (χ4v) is 2.19. The first kappa shape index (κ1) is 14.9. The summed E-state index contributed by atoms with van der Waals surface area (Å²) in [6.45, 7) is 0. The van der Waals surface area contributed by atoms with E-state index in [-0.39, 0.29) is 11.7 Å². The maximum absolute atomic E-state index is 13.4. The molecule has 0 saturated heterocycles. The summed E-state index contributed by atoms with van der Waals surface area (Å²) in [7, 11) is 0. The van der Waals surface area contributed by atoms with Crippen molar-refractivity contribution >= 4 is 17.5 Å². The van der Waals surface area contributed by atoms with E-state index in [4.69, 9.17) is 11.6 Å². The molecule has 0 radical (unpaired) electrons. The highest BCUT2D eigenvalue weighted by Gasteiger charge is 2.41. The zero-order chi connectivity index (χ0) is 15.9. The average molecular weight is 330 g/mol. The lowest BCUT2D eigenvalue weighted by molar-refractivity contribution is -0.142. The van der Waals surface area contributed by atoms with Gasteiger partial charge in [0.25, 0.3) is 5.91 Å². The molecule has 1 aromatic carbocycles. The van der Waals surface area contributed by atoms with E-state index >= 15 is 0 Å². The fourth-order valence-electron chi connectivity index (χ4n) is 2.06. The Bertz CT molecular complexity index is 705. The first-order valence-electron chi connectivity index (χ1n) is 6.57. The minimum Gasteiger partial charge on any atom is -0.348 e. The van der Waals surface area contributed by atoms with Crippen molar-refractivity contribution in [3.05, 3.63) is 47.0 Å². The topological polar surface area (TPSA) is 46.9 Å². The molecule has 1 heterocycles. The minimum atomic E-state index is -4.70. The van der Waals surface area contributed by atoms with Gasteiger partial charge in [-0.3, -0.25) is 9.36 Å². The van der Waals surface area contributed by atoms with Crippen molar-refractivity contribution < 1.29 is 18.0 Å². The second-order valence-corrected chi connectivity index (χ2v) is 5.47. The molecule has 1 aliphatic carbocycles. The Morgan fingerprint density at radius 2 is 1.91 bits per heavy atom. The third-order valence-corrected chi connectivity index (χ3v) is 3.52. The van der Waals surface area contributed by atoms with Crippen LogP contribution in [0.15, 0.2) is 30.6 Å². The summed E-state index contributed by atoms with van der Waals surface area (Å²) in [5, 5.41) is 2.93. The minimum absolute atomic E-state index is 0.0470. The monoisotopic (exact) mass is 329 g/mol. The van der Waals surface area contributed by atoms with Gasteiger partial charge in [-0.05, 0) is 37.1 Å². The number of alkyl halides is 3. The highest BCUT2D eigenvalue weighted by molar-refractivity contribution is 6.30. The predicted molar refractivity (Wildman–Crippen MR) is 74.1 cm³/mol. The number of aromatic nitrogens is 2. The van der Waals surface area contributed by atoms with Gasteiger partial charge in [0.05, 0.1) is 0 Å². The van der Waals surface area contributed by atoms with Crippen LogP contribution < -0.4 is 5.32 Å². The Hall–Kier alpha value is -2.02. The molecule has 0 spiro atoms. The van der Waals surface area contributed by atoms with Crippen LogP contribution in [0.25, 0.3) is 5.69 Å². The van der Waals surface area contributed by atoms with Gasteiger partial charge in [-0.2, -0.15) is 13.2 Å². The lowest BCUT2D eigenvalue weighted by atomic mass is 10.2. The van der Waals surface area contributed by atoms with E-state index in [1.807, 2.05) is 0 Å². The molecular formula is C14H11ClF3N3O. The van der Waals surface area contributed by atoms with Crippen molar-refractivity contribution in [3.63, 3.8) is 0 Å². The van der Waals surface area contributed by atoms with Gasteiger partial charge in [-0.1, -0.05) is 11.6 Å². The van der Waals surface area contributed by atoms with Gasteiger partial charge in [-0.15, -0.1) is 0 Å². The molecule has 3 rings (SSSR count). The molecule has 1 amide bonds. The molecule has 8 heteroatoms. The van der Waals surface area contributed by atoms with Crippen molar-refractivity contribution in [2.75, 3.05) is 0 Å². The summed E-state index contributed by atoms with van der Waals surface area (Å²) in [5.41, 5.74) is -1.47. The van der Waals surface area contributed by atoms with E-state index in [0.717, 1.165) is 23.7 Å². The number of benzene rings is 1. The molecule has 0 aliphatic heterocycles. The predicted octanol–water partition coefficient (Wildman–Crippen LogP) is 3.44. The first-order valence-corrected chi connectivity index (χ1v) is 6.95. The Morgan fingerprint density at radius 3 is 2.45 bits per heavy atom. The van der Waals surface area contributed by atoms with Crippen LogP contribution in [0, 0.1) is 0 Å². The Kier molecular flexibility index (Phi) is 3.60. The van der Waals surface area contributed by atoms with Crippen molar-refractivity contribution in [3.8, 4) is 5.69 Å². The van der Waals surface area contributed by atoms with Crippen molar-refractivity contribution in [2.24, 2.45) is 0 Å². The van der Waals surface area contributed by atoms with Gasteiger partial charge in [0.15, 0.2) is 11.4 Å². The summed E-state index contributed by atoms with van der Waals surface area (Å²) >= 11 is 5.74. The summed E-state index contributed by atoms with van der Waals surface area (Å²) in [4.78, 5) is 15.6. The highest BCUT2D eigenvalue weighted by atomic mass is 35.5. The number of rotatable bonds is 3. The number of imidazole rings is 1. The number of nitrogens with one attached hydrogen (secondary N) is 1. The van der Waals surface area contributed by atoms with E-state index in [0.29, 0.717) is 5.02 Å². The quantitative estimate of drug-likeness (QED) is 0.937. The zero-order valence-electron chi connectivity index (χ0n) is 11.2. The standard InChI is InChI=1S/C14H11ClF3N3O/c15-8-1-5-10(6-2-8)21-7-19-11(12(21)14(16,17)18)13(22)20-9-3-4-9/h1-2,5-7,9H,3-4H2,(H,20,22). The van der Waals surface area contributed by atoms with Crippen LogP contribution in [0.3, 0.4) is 0 Å².